The minimum Gasteiger partial charge on any atom is -0.394 e. The number of hydrogen-bond acceptors (Lipinski definition) is 2. The summed E-state index contributed by atoms with van der Waals surface area (Å²) in [5.74, 6) is 0. The molecular formula is C16H18O2. The van der Waals surface area contributed by atoms with Crippen LogP contribution in [0.25, 0.3) is 11.1 Å². The molecule has 2 heteroatoms. The van der Waals surface area contributed by atoms with Gasteiger partial charge in [0, 0.05) is 7.11 Å². The molecule has 2 aromatic rings. The molecule has 1 N–H and O–H groups in total. The summed E-state index contributed by atoms with van der Waals surface area (Å²) in [5, 5.41) is 7.94. The summed E-state index contributed by atoms with van der Waals surface area (Å²) in [6, 6.07) is 17.3. The van der Waals surface area contributed by atoms with E-state index >= 15 is 0 Å². The highest BCUT2D eigenvalue weighted by Gasteiger charge is 2.15. The SMILES string of the molecule is COCCO.c1ccc2c(c1)Cc1ccccc1-2. The minimum atomic E-state index is 0.122. The zero-order valence-electron chi connectivity index (χ0n) is 10.6. The molecule has 0 aromatic heterocycles. The smallest absolute Gasteiger partial charge is 0.0693 e. The Bertz CT molecular complexity index is 460. The van der Waals surface area contributed by atoms with E-state index in [1.807, 2.05) is 0 Å². The van der Waals surface area contributed by atoms with E-state index in [4.69, 9.17) is 5.11 Å². The van der Waals surface area contributed by atoms with Crippen molar-refractivity contribution in [2.24, 2.45) is 0 Å². The number of ether oxygens (including phenoxy) is 1. The Balaban J connectivity index is 0.000000209. The van der Waals surface area contributed by atoms with E-state index < -0.39 is 0 Å². The normalized spacial score (nSPS) is 11.2. The molecule has 3 rings (SSSR count). The van der Waals surface area contributed by atoms with Gasteiger partial charge in [-0.3, -0.25) is 0 Å². The lowest BCUT2D eigenvalue weighted by Gasteiger charge is -1.98. The van der Waals surface area contributed by atoms with Gasteiger partial charge in [-0.25, -0.2) is 0 Å². The number of methoxy groups -OCH3 is 1. The van der Waals surface area contributed by atoms with Gasteiger partial charge in [-0.1, -0.05) is 48.5 Å². The van der Waals surface area contributed by atoms with Crippen LogP contribution < -0.4 is 0 Å². The lowest BCUT2D eigenvalue weighted by molar-refractivity contribution is 0.135. The van der Waals surface area contributed by atoms with Crippen LogP contribution in [0.4, 0.5) is 0 Å². The van der Waals surface area contributed by atoms with Crippen LogP contribution in [0, 0.1) is 0 Å². The van der Waals surface area contributed by atoms with Crippen molar-refractivity contribution in [3.63, 3.8) is 0 Å². The first-order valence-electron chi connectivity index (χ1n) is 6.12. The summed E-state index contributed by atoms with van der Waals surface area (Å²) in [5.41, 5.74) is 5.75. The van der Waals surface area contributed by atoms with Gasteiger partial charge in [-0.05, 0) is 28.7 Å². The first kappa shape index (κ1) is 12.8. The van der Waals surface area contributed by atoms with E-state index in [0.29, 0.717) is 6.61 Å². The quantitative estimate of drug-likeness (QED) is 0.748. The molecule has 0 amide bonds. The molecule has 2 aromatic carbocycles. The number of aliphatic hydroxyl groups is 1. The molecule has 0 spiro atoms. The van der Waals surface area contributed by atoms with E-state index in [1.54, 1.807) is 7.11 Å². The number of hydrogen-bond donors (Lipinski definition) is 1. The Hall–Kier alpha value is -1.64. The average molecular weight is 242 g/mol. The molecule has 0 atom stereocenters. The molecule has 0 fully saturated rings. The molecule has 0 saturated heterocycles. The summed E-state index contributed by atoms with van der Waals surface area (Å²) in [6.45, 7) is 0.566. The van der Waals surface area contributed by atoms with Crippen LogP contribution in [0.5, 0.6) is 0 Å². The van der Waals surface area contributed by atoms with E-state index in [2.05, 4.69) is 53.3 Å². The Morgan fingerprint density at radius 2 is 1.44 bits per heavy atom. The molecule has 0 unspecified atom stereocenters. The Labute approximate surface area is 108 Å². The monoisotopic (exact) mass is 242 g/mol. The molecule has 0 radical (unpaired) electrons. The van der Waals surface area contributed by atoms with Crippen LogP contribution in [0.1, 0.15) is 11.1 Å². The van der Waals surface area contributed by atoms with Crippen LogP contribution in [-0.2, 0) is 11.2 Å². The maximum atomic E-state index is 7.94. The summed E-state index contributed by atoms with van der Waals surface area (Å²) in [6.07, 6.45) is 1.10. The molecular weight excluding hydrogens is 224 g/mol. The van der Waals surface area contributed by atoms with Crippen LogP contribution in [0.15, 0.2) is 48.5 Å². The fourth-order valence-electron chi connectivity index (χ4n) is 2.17. The number of fused-ring (bicyclic) bond motifs is 3. The summed E-state index contributed by atoms with van der Waals surface area (Å²) in [7, 11) is 1.55. The second-order valence-electron chi connectivity index (χ2n) is 4.21. The predicted octanol–water partition coefficient (Wildman–Crippen LogP) is 2.88. The first-order valence-corrected chi connectivity index (χ1v) is 6.12. The van der Waals surface area contributed by atoms with Crippen molar-refractivity contribution in [1.82, 2.24) is 0 Å². The van der Waals surface area contributed by atoms with Crippen molar-refractivity contribution in [3.8, 4) is 11.1 Å². The van der Waals surface area contributed by atoms with Gasteiger partial charge >= 0.3 is 0 Å². The third-order valence-electron chi connectivity index (χ3n) is 3.00. The zero-order chi connectivity index (χ0) is 12.8. The molecule has 1 aliphatic rings. The van der Waals surface area contributed by atoms with E-state index in [9.17, 15) is 0 Å². The van der Waals surface area contributed by atoms with Gasteiger partial charge in [0.05, 0.1) is 13.2 Å². The van der Waals surface area contributed by atoms with Crippen molar-refractivity contribution >= 4 is 0 Å². The van der Waals surface area contributed by atoms with E-state index in [-0.39, 0.29) is 6.61 Å². The van der Waals surface area contributed by atoms with Gasteiger partial charge < -0.3 is 9.84 Å². The number of rotatable bonds is 2. The maximum absolute atomic E-state index is 7.94. The molecule has 2 nitrogen and oxygen atoms in total. The summed E-state index contributed by atoms with van der Waals surface area (Å²) >= 11 is 0. The fourth-order valence-corrected chi connectivity index (χ4v) is 2.17. The third-order valence-corrected chi connectivity index (χ3v) is 3.00. The van der Waals surface area contributed by atoms with Crippen molar-refractivity contribution < 1.29 is 9.84 Å². The van der Waals surface area contributed by atoms with Gasteiger partial charge in [0.15, 0.2) is 0 Å². The van der Waals surface area contributed by atoms with Gasteiger partial charge in [-0.15, -0.1) is 0 Å². The maximum Gasteiger partial charge on any atom is 0.0693 e. The van der Waals surface area contributed by atoms with Gasteiger partial charge in [0.1, 0.15) is 0 Å². The van der Waals surface area contributed by atoms with Crippen molar-refractivity contribution in [2.45, 2.75) is 6.42 Å². The molecule has 18 heavy (non-hydrogen) atoms. The fraction of sp³-hybridized carbons (Fsp3) is 0.250. The van der Waals surface area contributed by atoms with E-state index in [0.717, 1.165) is 6.42 Å². The van der Waals surface area contributed by atoms with Crippen LogP contribution in [-0.4, -0.2) is 25.4 Å². The Morgan fingerprint density at radius 3 is 1.83 bits per heavy atom. The molecule has 94 valence electrons. The summed E-state index contributed by atoms with van der Waals surface area (Å²) < 4.78 is 4.44. The van der Waals surface area contributed by atoms with Crippen molar-refractivity contribution in [3.05, 3.63) is 59.7 Å². The Morgan fingerprint density at radius 1 is 0.944 bits per heavy atom. The zero-order valence-corrected chi connectivity index (χ0v) is 10.6. The second kappa shape index (κ2) is 6.34. The topological polar surface area (TPSA) is 29.5 Å². The van der Waals surface area contributed by atoms with E-state index in [1.165, 1.54) is 22.3 Å². The lowest BCUT2D eigenvalue weighted by Crippen LogP contribution is -1.91. The molecule has 0 bridgehead atoms. The molecule has 1 aliphatic carbocycles. The highest BCUT2D eigenvalue weighted by atomic mass is 16.5. The van der Waals surface area contributed by atoms with Crippen molar-refractivity contribution in [1.29, 1.82) is 0 Å². The van der Waals surface area contributed by atoms with Gasteiger partial charge in [0.25, 0.3) is 0 Å². The summed E-state index contributed by atoms with van der Waals surface area (Å²) in [4.78, 5) is 0. The first-order chi connectivity index (χ1) is 8.86. The van der Waals surface area contributed by atoms with Gasteiger partial charge in [0.2, 0.25) is 0 Å². The third kappa shape index (κ3) is 2.78. The van der Waals surface area contributed by atoms with Crippen LogP contribution in [0.3, 0.4) is 0 Å². The molecule has 0 aliphatic heterocycles. The average Bonchev–Trinajstić information content (AvgIpc) is 2.79. The second-order valence-corrected chi connectivity index (χ2v) is 4.21. The molecule has 0 heterocycles. The minimum absolute atomic E-state index is 0.122. The molecule has 0 saturated carbocycles. The van der Waals surface area contributed by atoms with Gasteiger partial charge in [-0.2, -0.15) is 0 Å². The van der Waals surface area contributed by atoms with Crippen LogP contribution in [0.2, 0.25) is 0 Å². The van der Waals surface area contributed by atoms with Crippen LogP contribution >= 0.6 is 0 Å². The highest BCUT2D eigenvalue weighted by molar-refractivity contribution is 5.76. The number of aliphatic hydroxyl groups excluding tert-OH is 1. The Kier molecular flexibility index (Phi) is 4.51. The standard InChI is InChI=1S/C13H10.C3H8O2/c1-3-7-12-10(5-1)9-11-6-2-4-8-13(11)12;1-5-3-2-4/h1-8H,9H2;4H,2-3H2,1H3. The highest BCUT2D eigenvalue weighted by Crippen LogP contribution is 2.35. The van der Waals surface area contributed by atoms with Crippen molar-refractivity contribution in [2.75, 3.05) is 20.3 Å². The number of benzene rings is 2. The largest absolute Gasteiger partial charge is 0.394 e. The lowest BCUT2D eigenvalue weighted by atomic mass is 10.1. The predicted molar refractivity (Wildman–Crippen MR) is 73.6 cm³/mol.